The van der Waals surface area contributed by atoms with Gasteiger partial charge in [0.2, 0.25) is 11.7 Å². The van der Waals surface area contributed by atoms with Crippen molar-refractivity contribution in [1.29, 1.82) is 0 Å². The summed E-state index contributed by atoms with van der Waals surface area (Å²) in [6.07, 6.45) is 4.58. The van der Waals surface area contributed by atoms with E-state index in [1.807, 2.05) is 24.3 Å². The first kappa shape index (κ1) is 23.8. The van der Waals surface area contributed by atoms with Crippen LogP contribution in [0.3, 0.4) is 0 Å². The topological polar surface area (TPSA) is 97.5 Å². The van der Waals surface area contributed by atoms with E-state index in [9.17, 15) is 4.57 Å². The standard InChI is InChI=1S/C22H27BrN3O4P/c23-20-15-18(16-24-13-6-14-29-31(27)28)11-12-19(20)22-25-21(30-26-22)10-5-4-9-17-7-2-1-3-8-17/h1-3,7-8,11-12,15,24,31H,4-6,9-10,13-14,16H2,(H,27,28). The molecule has 0 radical (unpaired) electrons. The van der Waals surface area contributed by atoms with Gasteiger partial charge in [-0.25, -0.2) is 0 Å². The van der Waals surface area contributed by atoms with Gasteiger partial charge in [0.1, 0.15) is 0 Å². The van der Waals surface area contributed by atoms with E-state index in [-0.39, 0.29) is 6.61 Å². The molecule has 31 heavy (non-hydrogen) atoms. The molecule has 2 N–H and O–H groups in total. The lowest BCUT2D eigenvalue weighted by Gasteiger charge is -2.07. The van der Waals surface area contributed by atoms with Crippen LogP contribution < -0.4 is 5.32 Å². The maximum atomic E-state index is 10.5. The van der Waals surface area contributed by atoms with Crippen LogP contribution >= 0.6 is 24.2 Å². The van der Waals surface area contributed by atoms with Crippen LogP contribution in [0.2, 0.25) is 0 Å². The van der Waals surface area contributed by atoms with Crippen molar-refractivity contribution in [3.05, 3.63) is 70.0 Å². The molecular weight excluding hydrogens is 481 g/mol. The van der Waals surface area contributed by atoms with Crippen molar-refractivity contribution in [1.82, 2.24) is 15.5 Å². The summed E-state index contributed by atoms with van der Waals surface area (Å²) < 4.78 is 21.5. The molecule has 0 amide bonds. The average molecular weight is 508 g/mol. The van der Waals surface area contributed by atoms with E-state index in [4.69, 9.17) is 9.42 Å². The summed E-state index contributed by atoms with van der Waals surface area (Å²) in [4.78, 5) is 13.2. The summed E-state index contributed by atoms with van der Waals surface area (Å²) in [5.41, 5.74) is 3.35. The van der Waals surface area contributed by atoms with Crippen molar-refractivity contribution in [2.75, 3.05) is 13.2 Å². The molecule has 2 aromatic carbocycles. The predicted octanol–water partition coefficient (Wildman–Crippen LogP) is 4.94. The summed E-state index contributed by atoms with van der Waals surface area (Å²) in [5, 5.41) is 7.42. The average Bonchev–Trinajstić information content (AvgIpc) is 3.23. The summed E-state index contributed by atoms with van der Waals surface area (Å²) in [6.45, 7) is 1.66. The molecule has 1 aromatic heterocycles. The Morgan fingerprint density at radius 3 is 2.65 bits per heavy atom. The van der Waals surface area contributed by atoms with Crippen molar-refractivity contribution in [3.8, 4) is 11.4 Å². The highest BCUT2D eigenvalue weighted by atomic mass is 79.9. The SMILES string of the molecule is O=[PH](O)OCCCNCc1ccc(-c2noc(CCCCc3ccccc3)n2)c(Br)c1. The maximum Gasteiger partial charge on any atom is 0.316 e. The van der Waals surface area contributed by atoms with E-state index in [0.29, 0.717) is 31.2 Å². The van der Waals surface area contributed by atoms with Gasteiger partial charge in [0.05, 0.1) is 6.61 Å². The van der Waals surface area contributed by atoms with Crippen molar-refractivity contribution >= 4 is 24.2 Å². The minimum absolute atomic E-state index is 0.274. The molecule has 1 unspecified atom stereocenters. The third kappa shape index (κ3) is 8.31. The molecule has 0 aliphatic rings. The molecule has 3 aromatic rings. The Morgan fingerprint density at radius 1 is 1.06 bits per heavy atom. The van der Waals surface area contributed by atoms with Crippen LogP contribution in [0.15, 0.2) is 57.5 Å². The number of hydrogen-bond acceptors (Lipinski definition) is 6. The first-order chi connectivity index (χ1) is 15.1. The third-order valence-corrected chi connectivity index (χ3v) is 5.85. The van der Waals surface area contributed by atoms with Gasteiger partial charge in [-0.3, -0.25) is 4.57 Å². The summed E-state index contributed by atoms with van der Waals surface area (Å²) in [7, 11) is -2.83. The second kappa shape index (κ2) is 12.9. The van der Waals surface area contributed by atoms with Gasteiger partial charge in [0.25, 0.3) is 0 Å². The highest BCUT2D eigenvalue weighted by Gasteiger charge is 2.12. The minimum atomic E-state index is -2.83. The van der Waals surface area contributed by atoms with Gasteiger partial charge in [-0.1, -0.05) is 57.5 Å². The van der Waals surface area contributed by atoms with E-state index < -0.39 is 8.25 Å². The van der Waals surface area contributed by atoms with E-state index in [0.717, 1.165) is 41.3 Å². The molecule has 0 spiro atoms. The molecule has 0 bridgehead atoms. The zero-order chi connectivity index (χ0) is 21.9. The maximum absolute atomic E-state index is 10.5. The smallest absolute Gasteiger partial charge is 0.316 e. The van der Waals surface area contributed by atoms with Gasteiger partial charge in [0, 0.05) is 23.0 Å². The largest absolute Gasteiger partial charge is 0.339 e. The predicted molar refractivity (Wildman–Crippen MR) is 124 cm³/mol. The fourth-order valence-corrected chi connectivity index (χ4v) is 4.08. The number of nitrogens with zero attached hydrogens (tertiary/aromatic N) is 2. The highest BCUT2D eigenvalue weighted by Crippen LogP contribution is 2.27. The number of unbranched alkanes of at least 4 members (excludes halogenated alkanes) is 1. The monoisotopic (exact) mass is 507 g/mol. The van der Waals surface area contributed by atoms with E-state index in [1.165, 1.54) is 5.56 Å². The number of hydrogen-bond donors (Lipinski definition) is 2. The first-order valence-electron chi connectivity index (χ1n) is 10.3. The second-order valence-corrected chi connectivity index (χ2v) is 8.84. The normalized spacial score (nSPS) is 12.2. The number of aryl methyl sites for hydroxylation is 2. The molecule has 0 aliphatic heterocycles. The lowest BCUT2D eigenvalue weighted by molar-refractivity contribution is 0.276. The molecule has 1 heterocycles. The molecule has 0 fully saturated rings. The quantitative estimate of drug-likeness (QED) is 0.249. The Morgan fingerprint density at radius 2 is 1.87 bits per heavy atom. The Balaban J connectivity index is 1.43. The van der Waals surface area contributed by atoms with Gasteiger partial charge < -0.3 is 19.3 Å². The fraction of sp³-hybridized carbons (Fsp3) is 0.364. The van der Waals surface area contributed by atoms with Crippen LogP contribution in [0.4, 0.5) is 0 Å². The molecule has 0 saturated heterocycles. The number of rotatable bonds is 13. The Hall–Kier alpha value is -1.83. The van der Waals surface area contributed by atoms with Gasteiger partial charge in [0.15, 0.2) is 0 Å². The molecule has 0 aliphatic carbocycles. The molecule has 166 valence electrons. The Bertz CT molecular complexity index is 968. The van der Waals surface area contributed by atoms with Crippen LogP contribution in [0.5, 0.6) is 0 Å². The van der Waals surface area contributed by atoms with Crippen LogP contribution in [0, 0.1) is 0 Å². The van der Waals surface area contributed by atoms with Gasteiger partial charge in [-0.15, -0.1) is 0 Å². The minimum Gasteiger partial charge on any atom is -0.339 e. The van der Waals surface area contributed by atoms with E-state index >= 15 is 0 Å². The molecular formula is C22H27BrN3O4P. The number of nitrogens with one attached hydrogen (secondary N) is 1. The van der Waals surface area contributed by atoms with Crippen LogP contribution in [-0.2, 0) is 28.5 Å². The highest BCUT2D eigenvalue weighted by molar-refractivity contribution is 9.10. The van der Waals surface area contributed by atoms with Crippen molar-refractivity contribution in [2.24, 2.45) is 0 Å². The number of benzene rings is 2. The van der Waals surface area contributed by atoms with Crippen LogP contribution in [0.1, 0.15) is 36.3 Å². The number of halogens is 1. The zero-order valence-electron chi connectivity index (χ0n) is 17.2. The Labute approximate surface area is 191 Å². The Kier molecular flexibility index (Phi) is 9.90. The lowest BCUT2D eigenvalue weighted by Crippen LogP contribution is -2.15. The molecule has 9 heteroatoms. The summed E-state index contributed by atoms with van der Waals surface area (Å²) in [5.74, 6) is 1.24. The van der Waals surface area contributed by atoms with Gasteiger partial charge >= 0.3 is 8.25 Å². The fourth-order valence-electron chi connectivity index (χ4n) is 3.16. The summed E-state index contributed by atoms with van der Waals surface area (Å²) >= 11 is 3.60. The molecule has 0 saturated carbocycles. The zero-order valence-corrected chi connectivity index (χ0v) is 19.8. The van der Waals surface area contributed by atoms with Gasteiger partial charge in [-0.05, 0) is 55.5 Å². The van der Waals surface area contributed by atoms with Gasteiger partial charge in [-0.2, -0.15) is 4.98 Å². The molecule has 3 rings (SSSR count). The van der Waals surface area contributed by atoms with Crippen LogP contribution in [0.25, 0.3) is 11.4 Å². The second-order valence-electron chi connectivity index (χ2n) is 7.16. The number of aromatic nitrogens is 2. The lowest BCUT2D eigenvalue weighted by atomic mass is 10.1. The van der Waals surface area contributed by atoms with E-state index in [2.05, 4.69) is 60.2 Å². The molecule has 1 atom stereocenters. The first-order valence-corrected chi connectivity index (χ1v) is 12.4. The van der Waals surface area contributed by atoms with E-state index in [1.54, 1.807) is 0 Å². The van der Waals surface area contributed by atoms with Crippen molar-refractivity contribution < 1.29 is 18.5 Å². The van der Waals surface area contributed by atoms with Crippen molar-refractivity contribution in [2.45, 2.75) is 38.6 Å². The van der Waals surface area contributed by atoms with Crippen LogP contribution in [-0.4, -0.2) is 28.2 Å². The van der Waals surface area contributed by atoms with Crippen molar-refractivity contribution in [3.63, 3.8) is 0 Å². The summed E-state index contributed by atoms with van der Waals surface area (Å²) in [6, 6.07) is 16.5. The molecule has 7 nitrogen and oxygen atoms in total. The third-order valence-electron chi connectivity index (χ3n) is 4.74.